The van der Waals surface area contributed by atoms with Crippen molar-refractivity contribution in [3.8, 4) is 0 Å². The largest absolute Gasteiger partial charge is 0.416 e. The maximum atomic E-state index is 14.0. The monoisotopic (exact) mass is 643 g/mol. The predicted molar refractivity (Wildman–Crippen MR) is 157 cm³/mol. The quantitative estimate of drug-likeness (QED) is 0.243. The van der Waals surface area contributed by atoms with Gasteiger partial charge in [-0.05, 0) is 60.9 Å². The van der Waals surface area contributed by atoms with Gasteiger partial charge in [0.05, 0.1) is 21.2 Å². The number of nitrogens with one attached hydrogen (secondary N) is 1. The molecule has 0 spiro atoms. The summed E-state index contributed by atoms with van der Waals surface area (Å²) in [7, 11) is -4.60. The summed E-state index contributed by atoms with van der Waals surface area (Å²) in [5.74, 6) is -1.27. The Labute approximate surface area is 253 Å². The molecule has 42 heavy (non-hydrogen) atoms. The minimum atomic E-state index is -4.81. The first-order valence-corrected chi connectivity index (χ1v) is 15.2. The predicted octanol–water partition coefficient (Wildman–Crippen LogP) is 6.54. The van der Waals surface area contributed by atoms with Crippen LogP contribution in [0.1, 0.15) is 37.8 Å². The molecular formula is C29H30Cl2F3N3O4S. The average Bonchev–Trinajstić information content (AvgIpc) is 2.95. The van der Waals surface area contributed by atoms with Crippen molar-refractivity contribution in [2.75, 3.05) is 17.4 Å². The molecule has 0 aliphatic carbocycles. The number of amides is 2. The topological polar surface area (TPSA) is 86.8 Å². The Morgan fingerprint density at radius 3 is 2.17 bits per heavy atom. The second kappa shape index (κ2) is 14.3. The van der Waals surface area contributed by atoms with Gasteiger partial charge in [0.15, 0.2) is 0 Å². The first-order chi connectivity index (χ1) is 19.8. The number of alkyl halides is 3. The minimum Gasteiger partial charge on any atom is -0.354 e. The molecule has 13 heteroatoms. The van der Waals surface area contributed by atoms with Crippen molar-refractivity contribution in [1.82, 2.24) is 10.2 Å². The highest BCUT2D eigenvalue weighted by Crippen LogP contribution is 2.37. The van der Waals surface area contributed by atoms with E-state index in [-0.39, 0.29) is 22.9 Å². The van der Waals surface area contributed by atoms with Crippen LogP contribution in [0.3, 0.4) is 0 Å². The first-order valence-electron chi connectivity index (χ1n) is 13.1. The van der Waals surface area contributed by atoms with Crippen molar-refractivity contribution in [2.24, 2.45) is 0 Å². The van der Waals surface area contributed by atoms with Gasteiger partial charge in [-0.2, -0.15) is 13.2 Å². The van der Waals surface area contributed by atoms with Crippen LogP contribution in [0.5, 0.6) is 0 Å². The number of carbonyl (C=O) groups excluding carboxylic acids is 2. The third kappa shape index (κ3) is 8.17. The lowest BCUT2D eigenvalue weighted by Gasteiger charge is -2.33. The zero-order valence-electron chi connectivity index (χ0n) is 22.9. The molecule has 1 atom stereocenters. The molecule has 3 aromatic rings. The van der Waals surface area contributed by atoms with Gasteiger partial charge in [-0.3, -0.25) is 13.9 Å². The second-order valence-corrected chi connectivity index (χ2v) is 12.1. The van der Waals surface area contributed by atoms with Crippen molar-refractivity contribution >= 4 is 50.7 Å². The van der Waals surface area contributed by atoms with Crippen LogP contribution in [0.15, 0.2) is 77.7 Å². The summed E-state index contributed by atoms with van der Waals surface area (Å²) >= 11 is 12.3. The number of benzene rings is 3. The van der Waals surface area contributed by atoms with Crippen LogP contribution in [0.25, 0.3) is 0 Å². The number of hydrogen-bond acceptors (Lipinski definition) is 4. The normalized spacial score (nSPS) is 12.5. The molecule has 0 aliphatic heterocycles. The molecule has 0 fully saturated rings. The molecule has 7 nitrogen and oxygen atoms in total. The van der Waals surface area contributed by atoms with E-state index in [1.165, 1.54) is 29.2 Å². The van der Waals surface area contributed by atoms with Gasteiger partial charge < -0.3 is 10.2 Å². The molecule has 1 unspecified atom stereocenters. The van der Waals surface area contributed by atoms with Gasteiger partial charge in [-0.1, -0.05) is 67.4 Å². The summed E-state index contributed by atoms with van der Waals surface area (Å²) in [5.41, 5.74) is -1.08. The van der Waals surface area contributed by atoms with Crippen molar-refractivity contribution < 1.29 is 31.2 Å². The smallest absolute Gasteiger partial charge is 0.354 e. The fourth-order valence-corrected chi connectivity index (χ4v) is 6.03. The molecule has 3 rings (SSSR count). The molecule has 0 saturated heterocycles. The van der Waals surface area contributed by atoms with Crippen molar-refractivity contribution in [3.05, 3.63) is 94.0 Å². The molecule has 0 bridgehead atoms. The van der Waals surface area contributed by atoms with Gasteiger partial charge in [-0.15, -0.1) is 0 Å². The average molecular weight is 645 g/mol. The maximum absolute atomic E-state index is 14.0. The summed E-state index contributed by atoms with van der Waals surface area (Å²) in [4.78, 5) is 28.0. The number of sulfonamides is 1. The van der Waals surface area contributed by atoms with E-state index in [9.17, 15) is 31.2 Å². The van der Waals surface area contributed by atoms with Crippen LogP contribution in [0.2, 0.25) is 10.0 Å². The van der Waals surface area contributed by atoms with Gasteiger partial charge in [0, 0.05) is 18.1 Å². The highest BCUT2D eigenvalue weighted by atomic mass is 35.5. The third-order valence-electron chi connectivity index (χ3n) is 6.35. The summed E-state index contributed by atoms with van der Waals surface area (Å²) in [6.07, 6.45) is -3.98. The van der Waals surface area contributed by atoms with E-state index >= 15 is 0 Å². The molecule has 3 aromatic carbocycles. The first kappa shape index (κ1) is 33.2. The van der Waals surface area contributed by atoms with Crippen molar-refractivity contribution in [3.63, 3.8) is 0 Å². The molecular weight excluding hydrogens is 614 g/mol. The van der Waals surface area contributed by atoms with E-state index in [1.54, 1.807) is 37.3 Å². The van der Waals surface area contributed by atoms with Gasteiger partial charge >= 0.3 is 6.18 Å². The standard InChI is InChI=1S/C29H30Cl2F3N3O4S/c1-3-16-35-28(39)25(4-2)36(18-20-10-13-22(30)14-11-20)27(38)19-37(42(40,41)23-8-6-5-7-9-23)26-17-21(29(32,33)34)12-15-24(26)31/h5-15,17,25H,3-4,16,18-19H2,1-2H3,(H,35,39). The van der Waals surface area contributed by atoms with Crippen LogP contribution in [0, 0.1) is 0 Å². The SMILES string of the molecule is CCCNC(=O)C(CC)N(Cc1ccc(Cl)cc1)C(=O)CN(c1cc(C(F)(F)F)ccc1Cl)S(=O)(=O)c1ccccc1. The number of halogens is 5. The summed E-state index contributed by atoms with van der Waals surface area (Å²) in [6, 6.07) is 14.7. The molecule has 0 aromatic heterocycles. The summed E-state index contributed by atoms with van der Waals surface area (Å²) in [6.45, 7) is 2.89. The van der Waals surface area contributed by atoms with Crippen molar-refractivity contribution in [1.29, 1.82) is 0 Å². The Hall–Kier alpha value is -3.28. The van der Waals surface area contributed by atoms with Gasteiger partial charge in [-0.25, -0.2) is 8.42 Å². The fraction of sp³-hybridized carbons (Fsp3) is 0.310. The van der Waals surface area contributed by atoms with Crippen LogP contribution in [-0.4, -0.2) is 44.3 Å². The lowest BCUT2D eigenvalue weighted by molar-refractivity contribution is -0.140. The molecule has 0 heterocycles. The van der Waals surface area contributed by atoms with Gasteiger partial charge in [0.2, 0.25) is 11.8 Å². The second-order valence-electron chi connectivity index (χ2n) is 9.35. The number of anilines is 1. The molecule has 2 amide bonds. The van der Waals surface area contributed by atoms with Crippen LogP contribution < -0.4 is 9.62 Å². The Balaban J connectivity index is 2.14. The van der Waals surface area contributed by atoms with Crippen LogP contribution in [-0.2, 0) is 32.3 Å². The Morgan fingerprint density at radius 1 is 0.952 bits per heavy atom. The van der Waals surface area contributed by atoms with E-state index < -0.39 is 51.9 Å². The molecule has 1 N–H and O–H groups in total. The molecule has 0 aliphatic rings. The highest BCUT2D eigenvalue weighted by molar-refractivity contribution is 7.92. The Kier molecular flexibility index (Phi) is 11.3. The third-order valence-corrected chi connectivity index (χ3v) is 8.70. The molecule has 0 radical (unpaired) electrons. The maximum Gasteiger partial charge on any atom is 0.416 e. The Bertz CT molecular complexity index is 1490. The van der Waals surface area contributed by atoms with E-state index in [4.69, 9.17) is 23.2 Å². The highest BCUT2D eigenvalue weighted by Gasteiger charge is 2.36. The molecule has 226 valence electrons. The summed E-state index contributed by atoms with van der Waals surface area (Å²) < 4.78 is 69.2. The van der Waals surface area contributed by atoms with E-state index in [1.807, 2.05) is 6.92 Å². The minimum absolute atomic E-state index is 0.0936. The van der Waals surface area contributed by atoms with Crippen molar-refractivity contribution in [2.45, 2.75) is 50.3 Å². The zero-order chi connectivity index (χ0) is 31.1. The van der Waals surface area contributed by atoms with E-state index in [2.05, 4.69) is 5.32 Å². The fourth-order valence-electron chi connectivity index (χ4n) is 4.19. The lowest BCUT2D eigenvalue weighted by Crippen LogP contribution is -2.52. The van der Waals surface area contributed by atoms with Gasteiger partial charge in [0.25, 0.3) is 10.0 Å². The zero-order valence-corrected chi connectivity index (χ0v) is 25.2. The van der Waals surface area contributed by atoms with Crippen LogP contribution in [0.4, 0.5) is 18.9 Å². The number of rotatable bonds is 12. The summed E-state index contributed by atoms with van der Waals surface area (Å²) in [5, 5.41) is 2.89. The lowest BCUT2D eigenvalue weighted by atomic mass is 10.1. The van der Waals surface area contributed by atoms with E-state index in [0.717, 1.165) is 12.1 Å². The van der Waals surface area contributed by atoms with E-state index in [0.29, 0.717) is 33.9 Å². The number of nitrogens with zero attached hydrogens (tertiary/aromatic N) is 2. The number of hydrogen-bond donors (Lipinski definition) is 1. The molecule has 0 saturated carbocycles. The van der Waals surface area contributed by atoms with Gasteiger partial charge in [0.1, 0.15) is 12.6 Å². The Morgan fingerprint density at radius 2 is 1.60 bits per heavy atom. The van der Waals surface area contributed by atoms with Crippen LogP contribution >= 0.6 is 23.2 Å². The number of carbonyl (C=O) groups is 2.